The van der Waals surface area contributed by atoms with Crippen molar-refractivity contribution in [3.8, 4) is 0 Å². The molecule has 1 fully saturated rings. The van der Waals surface area contributed by atoms with E-state index in [0.717, 1.165) is 23.8 Å². The molecule has 8 heteroatoms. The second kappa shape index (κ2) is 8.29. The van der Waals surface area contributed by atoms with Gasteiger partial charge in [0.1, 0.15) is 0 Å². The summed E-state index contributed by atoms with van der Waals surface area (Å²) in [5, 5.41) is 3.30. The van der Waals surface area contributed by atoms with Gasteiger partial charge in [0.05, 0.1) is 16.7 Å². The Balaban J connectivity index is 1.75. The van der Waals surface area contributed by atoms with Crippen LogP contribution in [0.4, 0.5) is 5.69 Å². The van der Waals surface area contributed by atoms with Crippen LogP contribution in [0.2, 0.25) is 5.02 Å². The van der Waals surface area contributed by atoms with E-state index in [1.54, 1.807) is 24.3 Å². The number of ether oxygens (including phenoxy) is 1. The lowest BCUT2D eigenvalue weighted by Gasteiger charge is -2.20. The largest absolute Gasteiger partial charge is 0.376 e. The van der Waals surface area contributed by atoms with Crippen molar-refractivity contribution in [3.05, 3.63) is 59.1 Å². The highest BCUT2D eigenvalue weighted by molar-refractivity contribution is 7.92. The molecule has 2 aromatic carbocycles. The molecule has 1 saturated heterocycles. The van der Waals surface area contributed by atoms with Crippen LogP contribution in [0.3, 0.4) is 0 Å². The lowest BCUT2D eigenvalue weighted by Crippen LogP contribution is -2.32. The summed E-state index contributed by atoms with van der Waals surface area (Å²) in [5.41, 5.74) is 0.790. The van der Waals surface area contributed by atoms with Gasteiger partial charge in [0.15, 0.2) is 0 Å². The van der Waals surface area contributed by atoms with Crippen molar-refractivity contribution < 1.29 is 17.9 Å². The number of hydrogen-bond donors (Lipinski definition) is 1. The highest BCUT2D eigenvalue weighted by Crippen LogP contribution is 2.24. The summed E-state index contributed by atoms with van der Waals surface area (Å²) in [6, 6.07) is 12.5. The van der Waals surface area contributed by atoms with Crippen molar-refractivity contribution in [3.63, 3.8) is 0 Å². The molecule has 6 nitrogen and oxygen atoms in total. The number of anilines is 1. The van der Waals surface area contributed by atoms with E-state index in [9.17, 15) is 13.2 Å². The molecule has 1 atom stereocenters. The van der Waals surface area contributed by atoms with Crippen LogP contribution in [-0.2, 0) is 14.8 Å². The molecule has 1 amide bonds. The van der Waals surface area contributed by atoms with Gasteiger partial charge in [-0.1, -0.05) is 17.7 Å². The molecule has 1 heterocycles. The Labute approximate surface area is 164 Å². The average molecular weight is 409 g/mol. The minimum atomic E-state index is -3.75. The van der Waals surface area contributed by atoms with Gasteiger partial charge < -0.3 is 10.1 Å². The maximum absolute atomic E-state index is 12.8. The van der Waals surface area contributed by atoms with E-state index in [0.29, 0.717) is 22.8 Å². The van der Waals surface area contributed by atoms with Gasteiger partial charge >= 0.3 is 0 Å². The molecule has 0 spiro atoms. The molecule has 3 rings (SSSR count). The average Bonchev–Trinajstić information content (AvgIpc) is 3.19. The van der Waals surface area contributed by atoms with E-state index < -0.39 is 10.0 Å². The molecule has 1 aliphatic rings. The standard InChI is InChI=1S/C19H21ClN2O4S/c1-22(27(24,25)18-9-7-15(20)8-10-18)16-5-2-4-14(12-16)19(23)21-13-17-6-3-11-26-17/h2,4-5,7-10,12,17H,3,6,11,13H2,1H3,(H,21,23)/t17-/m0/s1. The van der Waals surface area contributed by atoms with Crippen LogP contribution in [0.25, 0.3) is 0 Å². The van der Waals surface area contributed by atoms with Gasteiger partial charge in [-0.3, -0.25) is 9.10 Å². The van der Waals surface area contributed by atoms with Gasteiger partial charge in [0.2, 0.25) is 0 Å². The summed E-state index contributed by atoms with van der Waals surface area (Å²) in [6.07, 6.45) is 1.98. The van der Waals surface area contributed by atoms with Crippen LogP contribution in [0, 0.1) is 0 Å². The Morgan fingerprint density at radius 2 is 2.00 bits per heavy atom. The molecule has 0 bridgehead atoms. The number of hydrogen-bond acceptors (Lipinski definition) is 4. The van der Waals surface area contributed by atoms with E-state index in [-0.39, 0.29) is 16.9 Å². The third-order valence-electron chi connectivity index (χ3n) is 4.46. The van der Waals surface area contributed by atoms with Gasteiger partial charge in [0, 0.05) is 30.8 Å². The number of nitrogens with one attached hydrogen (secondary N) is 1. The van der Waals surface area contributed by atoms with Crippen molar-refractivity contribution in [2.45, 2.75) is 23.8 Å². The molecular formula is C19H21ClN2O4S. The van der Waals surface area contributed by atoms with Crippen LogP contribution in [0.15, 0.2) is 53.4 Å². The SMILES string of the molecule is CN(c1cccc(C(=O)NC[C@@H]2CCCO2)c1)S(=O)(=O)c1ccc(Cl)cc1. The number of amides is 1. The number of benzene rings is 2. The molecular weight excluding hydrogens is 388 g/mol. The molecule has 0 aromatic heterocycles. The normalized spacial score (nSPS) is 16.9. The van der Waals surface area contributed by atoms with Gasteiger partial charge in [-0.05, 0) is 55.3 Å². The van der Waals surface area contributed by atoms with Gasteiger partial charge in [0.25, 0.3) is 15.9 Å². The first-order chi connectivity index (χ1) is 12.9. The maximum atomic E-state index is 12.8. The Hall–Kier alpha value is -2.09. The maximum Gasteiger partial charge on any atom is 0.264 e. The predicted molar refractivity (Wildman–Crippen MR) is 105 cm³/mol. The molecule has 0 unspecified atom stereocenters. The fourth-order valence-electron chi connectivity index (χ4n) is 2.86. The van der Waals surface area contributed by atoms with Crippen LogP contribution >= 0.6 is 11.6 Å². The Bertz CT molecular complexity index is 910. The molecule has 1 aliphatic heterocycles. The fourth-order valence-corrected chi connectivity index (χ4v) is 4.17. The van der Waals surface area contributed by atoms with Crippen molar-refractivity contribution in [2.24, 2.45) is 0 Å². The Morgan fingerprint density at radius 3 is 2.67 bits per heavy atom. The van der Waals surface area contributed by atoms with Crippen molar-refractivity contribution >= 4 is 33.2 Å². The summed E-state index contributed by atoms with van der Waals surface area (Å²) in [6.45, 7) is 1.17. The monoisotopic (exact) mass is 408 g/mol. The van der Waals surface area contributed by atoms with Crippen LogP contribution in [-0.4, -0.2) is 40.6 Å². The highest BCUT2D eigenvalue weighted by atomic mass is 35.5. The number of carbonyl (C=O) groups is 1. The van der Waals surface area contributed by atoms with Crippen molar-refractivity contribution in [1.82, 2.24) is 5.32 Å². The molecule has 144 valence electrons. The van der Waals surface area contributed by atoms with E-state index in [1.165, 1.54) is 31.3 Å². The summed E-state index contributed by atoms with van der Waals surface area (Å²) < 4.78 is 32.2. The summed E-state index contributed by atoms with van der Waals surface area (Å²) >= 11 is 5.83. The van der Waals surface area contributed by atoms with E-state index >= 15 is 0 Å². The Kier molecular flexibility index (Phi) is 6.04. The van der Waals surface area contributed by atoms with Crippen LogP contribution in [0.1, 0.15) is 23.2 Å². The Morgan fingerprint density at radius 1 is 1.26 bits per heavy atom. The lowest BCUT2D eigenvalue weighted by molar-refractivity contribution is 0.0858. The van der Waals surface area contributed by atoms with Gasteiger partial charge in [-0.15, -0.1) is 0 Å². The summed E-state index contributed by atoms with van der Waals surface area (Å²) in [7, 11) is -2.30. The first kappa shape index (κ1) is 19.7. The van der Waals surface area contributed by atoms with Gasteiger partial charge in [-0.2, -0.15) is 0 Å². The molecule has 0 saturated carbocycles. The highest BCUT2D eigenvalue weighted by Gasteiger charge is 2.22. The first-order valence-corrected chi connectivity index (χ1v) is 10.4. The lowest BCUT2D eigenvalue weighted by atomic mass is 10.2. The van der Waals surface area contributed by atoms with E-state index in [1.807, 2.05) is 0 Å². The number of carbonyl (C=O) groups excluding carboxylic acids is 1. The van der Waals surface area contributed by atoms with Crippen LogP contribution in [0.5, 0.6) is 0 Å². The third-order valence-corrected chi connectivity index (χ3v) is 6.51. The smallest absolute Gasteiger partial charge is 0.264 e. The number of rotatable bonds is 6. The minimum absolute atomic E-state index is 0.0464. The third kappa shape index (κ3) is 4.61. The summed E-state index contributed by atoms with van der Waals surface area (Å²) in [4.78, 5) is 12.5. The second-order valence-corrected chi connectivity index (χ2v) is 8.73. The first-order valence-electron chi connectivity index (χ1n) is 8.62. The molecule has 0 radical (unpaired) electrons. The quantitative estimate of drug-likeness (QED) is 0.796. The molecule has 27 heavy (non-hydrogen) atoms. The van der Waals surface area contributed by atoms with Crippen molar-refractivity contribution in [2.75, 3.05) is 24.5 Å². The number of halogens is 1. The minimum Gasteiger partial charge on any atom is -0.376 e. The molecule has 0 aliphatic carbocycles. The zero-order chi connectivity index (χ0) is 19.4. The topological polar surface area (TPSA) is 75.7 Å². The second-order valence-electron chi connectivity index (χ2n) is 6.32. The number of sulfonamides is 1. The van der Waals surface area contributed by atoms with Gasteiger partial charge in [-0.25, -0.2) is 8.42 Å². The fraction of sp³-hybridized carbons (Fsp3) is 0.316. The summed E-state index contributed by atoms with van der Waals surface area (Å²) in [5.74, 6) is -0.260. The number of nitrogens with zero attached hydrogens (tertiary/aromatic N) is 1. The zero-order valence-electron chi connectivity index (χ0n) is 14.9. The van der Waals surface area contributed by atoms with Crippen LogP contribution < -0.4 is 9.62 Å². The zero-order valence-corrected chi connectivity index (χ0v) is 16.5. The predicted octanol–water partition coefficient (Wildman–Crippen LogP) is 3.07. The van der Waals surface area contributed by atoms with E-state index in [2.05, 4.69) is 5.32 Å². The van der Waals surface area contributed by atoms with Crippen molar-refractivity contribution in [1.29, 1.82) is 0 Å². The molecule has 1 N–H and O–H groups in total. The van der Waals surface area contributed by atoms with E-state index in [4.69, 9.17) is 16.3 Å². The molecule has 2 aromatic rings.